The number of aryl methyl sites for hydroxylation is 1. The van der Waals surface area contributed by atoms with E-state index < -0.39 is 17.7 Å². The SMILES string of the molecule is CCCOc1cccc(/C(O)=C2\C(=O)C(=O)N(Cc3ccccc3)C2c2ccc(C)o2)c1. The first-order valence-electron chi connectivity index (χ1n) is 10.6. The molecule has 1 aromatic heterocycles. The number of amides is 1. The Bertz CT molecular complexity index is 1160. The molecule has 3 aromatic rings. The van der Waals surface area contributed by atoms with E-state index in [1.165, 1.54) is 4.90 Å². The monoisotopic (exact) mass is 431 g/mol. The Morgan fingerprint density at radius 2 is 1.84 bits per heavy atom. The van der Waals surface area contributed by atoms with Crippen LogP contribution in [0.4, 0.5) is 0 Å². The molecule has 1 unspecified atom stereocenters. The van der Waals surface area contributed by atoms with Gasteiger partial charge in [-0.2, -0.15) is 0 Å². The Labute approximate surface area is 186 Å². The maximum absolute atomic E-state index is 13.1. The number of rotatable bonds is 7. The van der Waals surface area contributed by atoms with Gasteiger partial charge in [0.1, 0.15) is 29.1 Å². The van der Waals surface area contributed by atoms with E-state index in [4.69, 9.17) is 9.15 Å². The van der Waals surface area contributed by atoms with Gasteiger partial charge in [-0.1, -0.05) is 49.4 Å². The molecule has 1 fully saturated rings. The Hall–Kier alpha value is -3.80. The third kappa shape index (κ3) is 4.17. The summed E-state index contributed by atoms with van der Waals surface area (Å²) in [7, 11) is 0. The number of carbonyl (C=O) groups is 2. The molecule has 0 bridgehead atoms. The molecule has 6 nitrogen and oxygen atoms in total. The van der Waals surface area contributed by atoms with E-state index in [1.54, 1.807) is 43.3 Å². The number of carbonyl (C=O) groups excluding carboxylic acids is 2. The zero-order valence-corrected chi connectivity index (χ0v) is 18.1. The lowest BCUT2D eigenvalue weighted by Gasteiger charge is -2.23. The fourth-order valence-electron chi connectivity index (χ4n) is 3.83. The second-order valence-electron chi connectivity index (χ2n) is 7.74. The standard InChI is InChI=1S/C26H25NO5/c1-3-14-31-20-11-7-10-19(15-20)24(28)22-23(21-13-12-17(2)32-21)27(26(30)25(22)29)16-18-8-5-4-6-9-18/h4-13,15,23,28H,3,14,16H2,1-2H3/b24-22+. The predicted octanol–water partition coefficient (Wildman–Crippen LogP) is 5.00. The molecule has 0 radical (unpaired) electrons. The van der Waals surface area contributed by atoms with Crippen molar-refractivity contribution in [3.8, 4) is 5.75 Å². The maximum atomic E-state index is 13.1. The first-order valence-corrected chi connectivity index (χ1v) is 10.6. The minimum Gasteiger partial charge on any atom is -0.507 e. The molecule has 6 heteroatoms. The number of aliphatic hydroxyl groups is 1. The summed E-state index contributed by atoms with van der Waals surface area (Å²) in [5, 5.41) is 11.2. The average Bonchev–Trinajstić information content (AvgIpc) is 3.34. The lowest BCUT2D eigenvalue weighted by Crippen LogP contribution is -2.29. The van der Waals surface area contributed by atoms with Crippen LogP contribution < -0.4 is 4.74 Å². The molecule has 1 aliphatic rings. The second kappa shape index (κ2) is 9.14. The van der Waals surface area contributed by atoms with Gasteiger partial charge in [0.15, 0.2) is 0 Å². The van der Waals surface area contributed by atoms with Crippen molar-refractivity contribution in [2.24, 2.45) is 0 Å². The summed E-state index contributed by atoms with van der Waals surface area (Å²) >= 11 is 0. The number of hydrogen-bond donors (Lipinski definition) is 1. The number of likely N-dealkylation sites (tertiary alicyclic amines) is 1. The van der Waals surface area contributed by atoms with Crippen molar-refractivity contribution >= 4 is 17.4 Å². The van der Waals surface area contributed by atoms with Gasteiger partial charge in [-0.3, -0.25) is 9.59 Å². The molecule has 2 aromatic carbocycles. The highest BCUT2D eigenvalue weighted by Gasteiger charge is 2.47. The summed E-state index contributed by atoms with van der Waals surface area (Å²) in [6, 6.07) is 19.0. The quantitative estimate of drug-likeness (QED) is 0.324. The van der Waals surface area contributed by atoms with Crippen molar-refractivity contribution < 1.29 is 23.8 Å². The molecular weight excluding hydrogens is 406 g/mol. The van der Waals surface area contributed by atoms with E-state index >= 15 is 0 Å². The summed E-state index contributed by atoms with van der Waals surface area (Å²) in [6.45, 7) is 4.55. The van der Waals surface area contributed by atoms with Crippen LogP contribution in [0, 0.1) is 6.92 Å². The van der Waals surface area contributed by atoms with E-state index in [2.05, 4.69) is 0 Å². The van der Waals surface area contributed by atoms with Crippen molar-refractivity contribution in [2.45, 2.75) is 32.9 Å². The van der Waals surface area contributed by atoms with Gasteiger partial charge in [-0.15, -0.1) is 0 Å². The summed E-state index contributed by atoms with van der Waals surface area (Å²) in [5.41, 5.74) is 1.29. The molecule has 2 heterocycles. The highest BCUT2D eigenvalue weighted by molar-refractivity contribution is 6.46. The predicted molar refractivity (Wildman–Crippen MR) is 120 cm³/mol. The first-order chi connectivity index (χ1) is 15.5. The zero-order valence-electron chi connectivity index (χ0n) is 18.1. The van der Waals surface area contributed by atoms with Crippen LogP contribution >= 0.6 is 0 Å². The Morgan fingerprint density at radius 3 is 2.53 bits per heavy atom. The molecule has 0 aliphatic carbocycles. The van der Waals surface area contributed by atoms with Crippen molar-refractivity contribution in [2.75, 3.05) is 6.61 Å². The molecule has 1 aliphatic heterocycles. The van der Waals surface area contributed by atoms with Crippen LogP contribution in [0.1, 0.15) is 42.0 Å². The van der Waals surface area contributed by atoms with Crippen LogP contribution in [-0.2, 0) is 16.1 Å². The summed E-state index contributed by atoms with van der Waals surface area (Å²) in [4.78, 5) is 27.5. The molecule has 32 heavy (non-hydrogen) atoms. The van der Waals surface area contributed by atoms with E-state index in [0.29, 0.717) is 29.4 Å². The molecule has 0 saturated carbocycles. The Balaban J connectivity index is 1.80. The van der Waals surface area contributed by atoms with Crippen molar-refractivity contribution in [1.29, 1.82) is 0 Å². The topological polar surface area (TPSA) is 80.0 Å². The molecule has 1 amide bonds. The summed E-state index contributed by atoms with van der Waals surface area (Å²) in [5.74, 6) is 0.00255. The van der Waals surface area contributed by atoms with Crippen LogP contribution in [0.3, 0.4) is 0 Å². The molecule has 164 valence electrons. The summed E-state index contributed by atoms with van der Waals surface area (Å²) < 4.78 is 11.5. The van der Waals surface area contributed by atoms with Crippen LogP contribution in [0.25, 0.3) is 5.76 Å². The third-order valence-electron chi connectivity index (χ3n) is 5.35. The number of aliphatic hydroxyl groups excluding tert-OH is 1. The minimum atomic E-state index is -0.830. The lowest BCUT2D eigenvalue weighted by molar-refractivity contribution is -0.140. The molecule has 0 spiro atoms. The van der Waals surface area contributed by atoms with Gasteiger partial charge < -0.3 is 19.2 Å². The van der Waals surface area contributed by atoms with Crippen molar-refractivity contribution in [3.63, 3.8) is 0 Å². The van der Waals surface area contributed by atoms with E-state index in [0.717, 1.165) is 12.0 Å². The van der Waals surface area contributed by atoms with Crippen molar-refractivity contribution in [3.05, 3.63) is 95.0 Å². The molecule has 1 saturated heterocycles. The largest absolute Gasteiger partial charge is 0.507 e. The third-order valence-corrected chi connectivity index (χ3v) is 5.35. The van der Waals surface area contributed by atoms with Gasteiger partial charge in [-0.25, -0.2) is 0 Å². The number of nitrogens with zero attached hydrogens (tertiary/aromatic N) is 1. The van der Waals surface area contributed by atoms with E-state index in [1.807, 2.05) is 37.3 Å². The second-order valence-corrected chi connectivity index (χ2v) is 7.74. The summed E-state index contributed by atoms with van der Waals surface area (Å²) in [6.07, 6.45) is 0.846. The normalized spacial score (nSPS) is 17.7. The van der Waals surface area contributed by atoms with Crippen LogP contribution in [0.15, 0.2) is 76.7 Å². The molecule has 1 N–H and O–H groups in total. The number of ketones is 1. The Morgan fingerprint density at radius 1 is 1.06 bits per heavy atom. The van der Waals surface area contributed by atoms with Crippen LogP contribution in [-0.4, -0.2) is 28.3 Å². The smallest absolute Gasteiger partial charge is 0.296 e. The van der Waals surface area contributed by atoms with Gasteiger partial charge in [0.2, 0.25) is 0 Å². The fraction of sp³-hybridized carbons (Fsp3) is 0.231. The van der Waals surface area contributed by atoms with E-state index in [9.17, 15) is 14.7 Å². The lowest BCUT2D eigenvalue weighted by atomic mass is 9.99. The van der Waals surface area contributed by atoms with Crippen LogP contribution in [0.5, 0.6) is 5.75 Å². The number of benzene rings is 2. The molecule has 4 rings (SSSR count). The van der Waals surface area contributed by atoms with Gasteiger partial charge in [0.05, 0.1) is 12.2 Å². The van der Waals surface area contributed by atoms with Crippen LogP contribution in [0.2, 0.25) is 0 Å². The van der Waals surface area contributed by atoms with E-state index in [-0.39, 0.29) is 17.9 Å². The van der Waals surface area contributed by atoms with Crippen molar-refractivity contribution in [1.82, 2.24) is 4.90 Å². The number of hydrogen-bond acceptors (Lipinski definition) is 5. The Kier molecular flexibility index (Phi) is 6.12. The van der Waals surface area contributed by atoms with Gasteiger partial charge >= 0.3 is 0 Å². The highest BCUT2D eigenvalue weighted by Crippen LogP contribution is 2.41. The zero-order chi connectivity index (χ0) is 22.7. The number of ether oxygens (including phenoxy) is 1. The molecular formula is C26H25NO5. The minimum absolute atomic E-state index is 0.00734. The van der Waals surface area contributed by atoms with Gasteiger partial charge in [0, 0.05) is 12.1 Å². The average molecular weight is 431 g/mol. The van der Waals surface area contributed by atoms with Gasteiger partial charge in [0.25, 0.3) is 11.7 Å². The fourth-order valence-corrected chi connectivity index (χ4v) is 3.83. The number of furan rings is 1. The molecule has 1 atom stereocenters. The maximum Gasteiger partial charge on any atom is 0.296 e. The first kappa shape index (κ1) is 21.4. The highest BCUT2D eigenvalue weighted by atomic mass is 16.5. The van der Waals surface area contributed by atoms with Gasteiger partial charge in [-0.05, 0) is 43.2 Å². The number of Topliss-reactive ketones (excluding diaryl/α,β-unsaturated/α-hetero) is 1.